The summed E-state index contributed by atoms with van der Waals surface area (Å²) in [6, 6.07) is 18.1. The number of carbonyl (C=O) groups excluding carboxylic acids is 1. The number of benzene rings is 3. The van der Waals surface area contributed by atoms with Crippen LogP contribution in [0, 0.1) is 0 Å². The molecule has 0 saturated heterocycles. The molecule has 0 aliphatic rings. The van der Waals surface area contributed by atoms with Crippen molar-refractivity contribution in [3.63, 3.8) is 0 Å². The number of hydrogen-bond donors (Lipinski definition) is 1. The van der Waals surface area contributed by atoms with Crippen LogP contribution in [0.1, 0.15) is 25.3 Å². The Kier molecular flexibility index (Phi) is 9.01. The number of methoxy groups -OCH3 is 2. The summed E-state index contributed by atoms with van der Waals surface area (Å²) in [7, 11) is -1.25. The number of carbonyl (C=O) groups is 1. The third-order valence-electron chi connectivity index (χ3n) is 5.40. The van der Waals surface area contributed by atoms with E-state index in [0.717, 1.165) is 23.6 Å². The average molecular weight is 517 g/mol. The monoisotopic (exact) mass is 516 g/mol. The molecule has 0 radical (unpaired) electrons. The van der Waals surface area contributed by atoms with E-state index >= 15 is 0 Å². The van der Waals surface area contributed by atoms with E-state index in [1.165, 1.54) is 38.0 Å². The van der Waals surface area contributed by atoms with Crippen molar-refractivity contribution in [2.75, 3.05) is 30.4 Å². The number of nitrogens with one attached hydrogen (secondary N) is 1. The molecule has 0 spiro atoms. The lowest BCUT2D eigenvalue weighted by atomic mass is 10.1. The molecular formula is C26H29ClN2O5S. The highest BCUT2D eigenvalue weighted by molar-refractivity contribution is 7.92. The van der Waals surface area contributed by atoms with Gasteiger partial charge in [-0.2, -0.15) is 0 Å². The van der Waals surface area contributed by atoms with Crippen LogP contribution in [-0.2, 0) is 21.2 Å². The average Bonchev–Trinajstić information content (AvgIpc) is 2.87. The highest BCUT2D eigenvalue weighted by Gasteiger charge is 2.28. The van der Waals surface area contributed by atoms with Gasteiger partial charge in [0.1, 0.15) is 6.54 Å². The number of hydrogen-bond acceptors (Lipinski definition) is 5. The number of halogens is 1. The molecule has 0 atom stereocenters. The predicted molar refractivity (Wildman–Crippen MR) is 139 cm³/mol. The largest absolute Gasteiger partial charge is 0.493 e. The number of rotatable bonds is 11. The second-order valence-electron chi connectivity index (χ2n) is 7.85. The third kappa shape index (κ3) is 6.68. The molecule has 1 N–H and O–H groups in total. The Morgan fingerprint density at radius 3 is 2.20 bits per heavy atom. The smallest absolute Gasteiger partial charge is 0.264 e. The van der Waals surface area contributed by atoms with Gasteiger partial charge in [0.25, 0.3) is 10.0 Å². The van der Waals surface area contributed by atoms with Crippen LogP contribution in [0.4, 0.5) is 11.4 Å². The van der Waals surface area contributed by atoms with Gasteiger partial charge in [-0.15, -0.1) is 0 Å². The third-order valence-corrected chi connectivity index (χ3v) is 7.42. The Morgan fingerprint density at radius 2 is 1.60 bits per heavy atom. The quantitative estimate of drug-likeness (QED) is 0.362. The van der Waals surface area contributed by atoms with Gasteiger partial charge in [-0.1, -0.05) is 37.1 Å². The van der Waals surface area contributed by atoms with E-state index in [2.05, 4.69) is 12.2 Å². The molecule has 0 fully saturated rings. The minimum atomic E-state index is -4.14. The van der Waals surface area contributed by atoms with Crippen molar-refractivity contribution in [3.05, 3.63) is 77.3 Å². The van der Waals surface area contributed by atoms with Crippen LogP contribution < -0.4 is 19.1 Å². The second kappa shape index (κ2) is 12.0. The Morgan fingerprint density at radius 1 is 0.943 bits per heavy atom. The highest BCUT2D eigenvalue weighted by Crippen LogP contribution is 2.32. The Balaban J connectivity index is 1.89. The van der Waals surface area contributed by atoms with E-state index in [1.807, 2.05) is 24.3 Å². The van der Waals surface area contributed by atoms with Crippen LogP contribution in [0.25, 0.3) is 0 Å². The van der Waals surface area contributed by atoms with Crippen molar-refractivity contribution in [3.8, 4) is 11.5 Å². The number of nitrogens with zero attached hydrogens (tertiary/aromatic N) is 1. The van der Waals surface area contributed by atoms with Crippen molar-refractivity contribution >= 4 is 38.9 Å². The first kappa shape index (κ1) is 26.4. The number of amides is 1. The topological polar surface area (TPSA) is 84.9 Å². The van der Waals surface area contributed by atoms with Crippen LogP contribution in [0.5, 0.6) is 11.5 Å². The zero-order chi connectivity index (χ0) is 25.4. The maximum absolute atomic E-state index is 13.6. The fraction of sp³-hybridized carbons (Fsp3) is 0.269. The van der Waals surface area contributed by atoms with Gasteiger partial charge in [-0.3, -0.25) is 9.10 Å². The molecular weight excluding hydrogens is 488 g/mol. The number of unbranched alkanes of at least 4 members (excludes halogenated alkanes) is 1. The fourth-order valence-corrected chi connectivity index (χ4v) is 5.06. The lowest BCUT2D eigenvalue weighted by molar-refractivity contribution is -0.114. The van der Waals surface area contributed by atoms with Crippen LogP contribution in [0.15, 0.2) is 71.6 Å². The molecule has 0 aliphatic heterocycles. The molecule has 9 heteroatoms. The van der Waals surface area contributed by atoms with Gasteiger partial charge in [0.15, 0.2) is 11.5 Å². The first-order chi connectivity index (χ1) is 16.8. The van der Waals surface area contributed by atoms with Crippen molar-refractivity contribution in [2.45, 2.75) is 31.1 Å². The zero-order valence-corrected chi connectivity index (χ0v) is 21.5. The SMILES string of the molecule is CCCCc1ccc(NC(=O)CN(c2ccc(Cl)cc2)S(=O)(=O)c2ccc(OC)c(OC)c2)cc1. The van der Waals surface area contributed by atoms with E-state index in [9.17, 15) is 13.2 Å². The summed E-state index contributed by atoms with van der Waals surface area (Å²) in [4.78, 5) is 12.9. The van der Waals surface area contributed by atoms with Gasteiger partial charge in [0, 0.05) is 16.8 Å². The lowest BCUT2D eigenvalue weighted by Gasteiger charge is -2.24. The van der Waals surface area contributed by atoms with Crippen LogP contribution in [0.3, 0.4) is 0 Å². The Bertz CT molecular complexity index is 1250. The van der Waals surface area contributed by atoms with E-state index in [1.54, 1.807) is 24.3 Å². The number of sulfonamides is 1. The molecule has 3 aromatic carbocycles. The Labute approximate surface area is 211 Å². The molecule has 1 amide bonds. The summed E-state index contributed by atoms with van der Waals surface area (Å²) in [5.41, 5.74) is 2.08. The summed E-state index contributed by atoms with van der Waals surface area (Å²) in [5.74, 6) is 0.173. The molecule has 7 nitrogen and oxygen atoms in total. The van der Waals surface area contributed by atoms with E-state index < -0.39 is 22.5 Å². The zero-order valence-electron chi connectivity index (χ0n) is 20.0. The van der Waals surface area contributed by atoms with Crippen molar-refractivity contribution in [1.29, 1.82) is 0 Å². The minimum Gasteiger partial charge on any atom is -0.493 e. The lowest BCUT2D eigenvalue weighted by Crippen LogP contribution is -2.38. The first-order valence-corrected chi connectivity index (χ1v) is 13.0. The molecule has 3 rings (SSSR count). The first-order valence-electron chi connectivity index (χ1n) is 11.2. The predicted octanol–water partition coefficient (Wildman–Crippen LogP) is 5.53. The van der Waals surface area contributed by atoms with E-state index in [4.69, 9.17) is 21.1 Å². The molecule has 3 aromatic rings. The number of anilines is 2. The van der Waals surface area contributed by atoms with E-state index in [0.29, 0.717) is 22.1 Å². The van der Waals surface area contributed by atoms with Crippen LogP contribution >= 0.6 is 11.6 Å². The van der Waals surface area contributed by atoms with Crippen molar-refractivity contribution in [2.24, 2.45) is 0 Å². The molecule has 0 heterocycles. The van der Waals surface area contributed by atoms with Gasteiger partial charge in [-0.05, 0) is 66.9 Å². The van der Waals surface area contributed by atoms with Gasteiger partial charge >= 0.3 is 0 Å². The van der Waals surface area contributed by atoms with Crippen molar-refractivity contribution < 1.29 is 22.7 Å². The standard InChI is InChI=1S/C26H29ClN2O5S/c1-4-5-6-19-7-11-21(12-8-19)28-26(30)18-29(22-13-9-20(27)10-14-22)35(31,32)23-15-16-24(33-2)25(17-23)34-3/h7-17H,4-6,18H2,1-3H3,(H,28,30). The van der Waals surface area contributed by atoms with Gasteiger partial charge in [0.2, 0.25) is 5.91 Å². The highest BCUT2D eigenvalue weighted by atomic mass is 35.5. The normalized spacial score (nSPS) is 11.1. The summed E-state index contributed by atoms with van der Waals surface area (Å²) < 4.78 is 38.8. The maximum atomic E-state index is 13.6. The minimum absolute atomic E-state index is 0.0434. The maximum Gasteiger partial charge on any atom is 0.264 e. The summed E-state index contributed by atoms with van der Waals surface area (Å²) in [6.07, 6.45) is 3.17. The van der Waals surface area contributed by atoms with Crippen LogP contribution in [0.2, 0.25) is 5.02 Å². The number of ether oxygens (including phenoxy) is 2. The van der Waals surface area contributed by atoms with Crippen molar-refractivity contribution in [1.82, 2.24) is 0 Å². The molecule has 0 aromatic heterocycles. The molecule has 0 unspecified atom stereocenters. The van der Waals surface area contributed by atoms with Gasteiger partial charge < -0.3 is 14.8 Å². The fourth-order valence-electron chi connectivity index (χ4n) is 3.49. The molecule has 0 aliphatic carbocycles. The summed E-state index contributed by atoms with van der Waals surface area (Å²) in [5, 5.41) is 3.23. The molecule has 186 valence electrons. The molecule has 0 bridgehead atoms. The van der Waals surface area contributed by atoms with Gasteiger partial charge in [-0.25, -0.2) is 8.42 Å². The molecule has 35 heavy (non-hydrogen) atoms. The molecule has 0 saturated carbocycles. The van der Waals surface area contributed by atoms with Crippen LogP contribution in [-0.4, -0.2) is 35.1 Å². The summed E-state index contributed by atoms with van der Waals surface area (Å²) >= 11 is 6.00. The van der Waals surface area contributed by atoms with E-state index in [-0.39, 0.29) is 10.6 Å². The Hall–Kier alpha value is -3.23. The second-order valence-corrected chi connectivity index (χ2v) is 10.2. The number of aryl methyl sites for hydroxylation is 1. The van der Waals surface area contributed by atoms with Gasteiger partial charge in [0.05, 0.1) is 24.8 Å². The summed E-state index contributed by atoms with van der Waals surface area (Å²) in [6.45, 7) is 1.70.